The molecule has 0 unspecified atom stereocenters. The first kappa shape index (κ1) is 22.3. The summed E-state index contributed by atoms with van der Waals surface area (Å²) in [7, 11) is 0. The lowest BCUT2D eigenvalue weighted by molar-refractivity contribution is 0.318. The molecule has 0 aliphatic heterocycles. The number of rotatable bonds is 8. The van der Waals surface area contributed by atoms with Crippen LogP contribution in [0.1, 0.15) is 54.4 Å². The second-order valence-electron chi connectivity index (χ2n) is 10.3. The van der Waals surface area contributed by atoms with Crippen molar-refractivity contribution in [3.8, 4) is 22.3 Å². The van der Waals surface area contributed by atoms with Gasteiger partial charge in [0.05, 0.1) is 0 Å². The summed E-state index contributed by atoms with van der Waals surface area (Å²) in [5, 5.41) is 0. The van der Waals surface area contributed by atoms with Gasteiger partial charge in [0, 0.05) is 10.8 Å². The van der Waals surface area contributed by atoms with Gasteiger partial charge >= 0.3 is 0 Å². The molecule has 2 aliphatic carbocycles. The molecule has 4 N–H and O–H groups in total. The summed E-state index contributed by atoms with van der Waals surface area (Å²) in [6.45, 7) is 1.41. The maximum Gasteiger partial charge on any atom is 0.0227 e. The maximum atomic E-state index is 6.16. The average molecular weight is 459 g/mol. The molecule has 0 heterocycles. The van der Waals surface area contributed by atoms with Crippen LogP contribution in [0.3, 0.4) is 0 Å². The van der Waals surface area contributed by atoms with Crippen molar-refractivity contribution in [1.29, 1.82) is 0 Å². The van der Waals surface area contributed by atoms with Crippen LogP contribution in [0.4, 0.5) is 0 Å². The van der Waals surface area contributed by atoms with E-state index in [0.717, 1.165) is 32.1 Å². The first-order valence-electron chi connectivity index (χ1n) is 13.0. The molecule has 4 aromatic carbocycles. The van der Waals surface area contributed by atoms with Gasteiger partial charge < -0.3 is 11.5 Å². The number of benzene rings is 4. The molecule has 0 aromatic heterocycles. The molecule has 0 spiro atoms. The summed E-state index contributed by atoms with van der Waals surface area (Å²) < 4.78 is 0. The Morgan fingerprint density at radius 2 is 0.714 bits per heavy atom. The minimum absolute atomic E-state index is 0.0915. The van der Waals surface area contributed by atoms with E-state index in [2.05, 4.69) is 97.1 Å². The van der Waals surface area contributed by atoms with Crippen molar-refractivity contribution in [2.24, 2.45) is 11.5 Å². The number of hydrogen-bond acceptors (Lipinski definition) is 2. The third-order valence-electron chi connectivity index (χ3n) is 8.57. The predicted octanol–water partition coefficient (Wildman–Crippen LogP) is 6.79. The van der Waals surface area contributed by atoms with Gasteiger partial charge in [0.15, 0.2) is 0 Å². The molecule has 4 aromatic rings. The van der Waals surface area contributed by atoms with E-state index in [1.54, 1.807) is 0 Å². The Balaban J connectivity index is 1.63. The minimum Gasteiger partial charge on any atom is -0.330 e. The molecule has 2 nitrogen and oxygen atoms in total. The van der Waals surface area contributed by atoms with Crippen LogP contribution in [-0.2, 0) is 10.8 Å². The second kappa shape index (κ2) is 8.78. The van der Waals surface area contributed by atoms with Crippen LogP contribution in [0.25, 0.3) is 22.3 Å². The number of hydrogen-bond donors (Lipinski definition) is 2. The average Bonchev–Trinajstić information content (AvgIpc) is 3.35. The molecule has 0 bridgehead atoms. The summed E-state index contributed by atoms with van der Waals surface area (Å²) in [4.78, 5) is 0. The normalized spacial score (nSPS) is 15.8. The summed E-state index contributed by atoms with van der Waals surface area (Å²) in [5.74, 6) is 0. The maximum absolute atomic E-state index is 6.16. The lowest BCUT2D eigenvalue weighted by atomic mass is 9.60. The molecule has 35 heavy (non-hydrogen) atoms. The Bertz CT molecular complexity index is 1170. The molecule has 0 saturated heterocycles. The minimum atomic E-state index is -0.0915. The molecule has 0 saturated carbocycles. The number of fused-ring (bicyclic) bond motifs is 6. The molecular weight excluding hydrogens is 424 g/mol. The van der Waals surface area contributed by atoms with Crippen molar-refractivity contribution >= 4 is 0 Å². The van der Waals surface area contributed by atoms with Crippen molar-refractivity contribution in [2.75, 3.05) is 13.1 Å². The summed E-state index contributed by atoms with van der Waals surface area (Å²) >= 11 is 0. The fraction of sp³-hybridized carbons (Fsp3) is 0.273. The smallest absolute Gasteiger partial charge is 0.0227 e. The van der Waals surface area contributed by atoms with Gasteiger partial charge in [0.25, 0.3) is 0 Å². The Morgan fingerprint density at radius 1 is 0.429 bits per heavy atom. The van der Waals surface area contributed by atoms with Crippen LogP contribution in [-0.4, -0.2) is 13.1 Å². The molecule has 0 radical (unpaired) electrons. The molecule has 0 fully saturated rings. The van der Waals surface area contributed by atoms with E-state index in [0.29, 0.717) is 13.1 Å². The van der Waals surface area contributed by atoms with E-state index in [1.165, 1.54) is 44.5 Å². The van der Waals surface area contributed by atoms with Gasteiger partial charge in [-0.2, -0.15) is 0 Å². The monoisotopic (exact) mass is 458 g/mol. The molecule has 0 amide bonds. The fourth-order valence-electron chi connectivity index (χ4n) is 7.25. The largest absolute Gasteiger partial charge is 0.330 e. The third-order valence-corrected chi connectivity index (χ3v) is 8.57. The van der Waals surface area contributed by atoms with Crippen LogP contribution in [0.5, 0.6) is 0 Å². The fourth-order valence-corrected chi connectivity index (χ4v) is 7.25. The summed E-state index contributed by atoms with van der Waals surface area (Å²) in [5.41, 5.74) is 23.5. The molecule has 176 valence electrons. The Labute approximate surface area is 209 Å². The van der Waals surface area contributed by atoms with E-state index >= 15 is 0 Å². The van der Waals surface area contributed by atoms with Crippen LogP contribution in [0.2, 0.25) is 0 Å². The van der Waals surface area contributed by atoms with E-state index in [-0.39, 0.29) is 10.8 Å². The zero-order valence-corrected chi connectivity index (χ0v) is 20.3. The van der Waals surface area contributed by atoms with Gasteiger partial charge in [-0.05, 0) is 89.7 Å². The van der Waals surface area contributed by atoms with Gasteiger partial charge in [-0.3, -0.25) is 0 Å². The summed E-state index contributed by atoms with van der Waals surface area (Å²) in [6.07, 6.45) is 5.12. The van der Waals surface area contributed by atoms with Crippen LogP contribution >= 0.6 is 0 Å². The molecule has 6 rings (SSSR count). The predicted molar refractivity (Wildman–Crippen MR) is 147 cm³/mol. The third kappa shape index (κ3) is 3.24. The second-order valence-corrected chi connectivity index (χ2v) is 10.3. The van der Waals surface area contributed by atoms with Crippen molar-refractivity contribution in [1.82, 2.24) is 0 Å². The van der Waals surface area contributed by atoms with Crippen molar-refractivity contribution in [3.63, 3.8) is 0 Å². The number of nitrogens with two attached hydrogens (primary N) is 2. The highest BCUT2D eigenvalue weighted by atomic mass is 14.6. The molecule has 2 aliphatic rings. The Hall–Kier alpha value is -3.20. The van der Waals surface area contributed by atoms with Crippen LogP contribution in [0.15, 0.2) is 97.1 Å². The highest BCUT2D eigenvalue weighted by Crippen LogP contribution is 2.61. The van der Waals surface area contributed by atoms with E-state index < -0.39 is 0 Å². The van der Waals surface area contributed by atoms with Crippen LogP contribution < -0.4 is 11.5 Å². The zero-order valence-electron chi connectivity index (χ0n) is 20.3. The lowest BCUT2D eigenvalue weighted by Gasteiger charge is -2.43. The highest BCUT2D eigenvalue weighted by Gasteiger charge is 2.52. The van der Waals surface area contributed by atoms with Gasteiger partial charge in [0.2, 0.25) is 0 Å². The van der Waals surface area contributed by atoms with Crippen molar-refractivity contribution < 1.29 is 0 Å². The zero-order chi connectivity index (χ0) is 23.9. The van der Waals surface area contributed by atoms with Gasteiger partial charge in [-0.15, -0.1) is 0 Å². The van der Waals surface area contributed by atoms with Gasteiger partial charge in [-0.1, -0.05) is 97.1 Å². The molecular formula is C33H34N2. The van der Waals surface area contributed by atoms with E-state index in [1.807, 2.05) is 0 Å². The van der Waals surface area contributed by atoms with E-state index in [4.69, 9.17) is 11.5 Å². The molecule has 2 heteroatoms. The highest BCUT2D eigenvalue weighted by molar-refractivity contribution is 5.84. The Kier molecular flexibility index (Phi) is 5.59. The van der Waals surface area contributed by atoms with E-state index in [9.17, 15) is 0 Å². The standard InChI is InChI=1S/C33H34N2/c34-21-9-19-32(28-15-5-1-11-24(28)25-12-2-6-16-29(25)32)23-33(20-10-22-35)30-17-7-3-13-26(30)27-14-4-8-18-31(27)33/h1-8,11-18H,9-10,19-23,34-35H2. The first-order valence-corrected chi connectivity index (χ1v) is 13.0. The first-order chi connectivity index (χ1) is 17.2. The van der Waals surface area contributed by atoms with Crippen molar-refractivity contribution in [3.05, 3.63) is 119 Å². The topological polar surface area (TPSA) is 52.0 Å². The summed E-state index contributed by atoms with van der Waals surface area (Å²) in [6, 6.07) is 36.3. The van der Waals surface area contributed by atoms with Crippen molar-refractivity contribution in [2.45, 2.75) is 42.9 Å². The Morgan fingerprint density at radius 3 is 1.00 bits per heavy atom. The van der Waals surface area contributed by atoms with Crippen LogP contribution in [0, 0.1) is 0 Å². The van der Waals surface area contributed by atoms with Gasteiger partial charge in [0.1, 0.15) is 0 Å². The van der Waals surface area contributed by atoms with Gasteiger partial charge in [-0.25, -0.2) is 0 Å². The molecule has 0 atom stereocenters. The SMILES string of the molecule is NCCCC1(CC2(CCCN)c3ccccc3-c3ccccc32)c2ccccc2-c2ccccc21. The lowest BCUT2D eigenvalue weighted by Crippen LogP contribution is -2.38. The quantitative estimate of drug-likeness (QED) is 0.305.